The second-order valence-electron chi connectivity index (χ2n) is 17.9. The molecule has 51 heavy (non-hydrogen) atoms. The summed E-state index contributed by atoms with van der Waals surface area (Å²) in [4.78, 5) is 2.55. The van der Waals surface area contributed by atoms with Crippen LogP contribution in [0.4, 0.5) is 17.1 Å². The fourth-order valence-corrected chi connectivity index (χ4v) is 12.1. The van der Waals surface area contributed by atoms with Gasteiger partial charge in [-0.3, -0.25) is 0 Å². The number of anilines is 3. The molecule has 6 aromatic rings. The Kier molecular flexibility index (Phi) is 7.50. The van der Waals surface area contributed by atoms with Crippen LogP contribution in [0.25, 0.3) is 33.4 Å². The summed E-state index contributed by atoms with van der Waals surface area (Å²) in [6.45, 7) is 24.1. The van der Waals surface area contributed by atoms with Crippen molar-refractivity contribution in [1.29, 1.82) is 0 Å². The van der Waals surface area contributed by atoms with Crippen LogP contribution in [0.2, 0.25) is 13.1 Å². The molecule has 0 aromatic heterocycles. The van der Waals surface area contributed by atoms with E-state index in [0.29, 0.717) is 0 Å². The van der Waals surface area contributed by atoms with Crippen LogP contribution in [0, 0.1) is 0 Å². The van der Waals surface area contributed by atoms with Crippen LogP contribution in [-0.2, 0) is 16.2 Å². The van der Waals surface area contributed by atoms with Gasteiger partial charge in [0.1, 0.15) is 8.07 Å². The number of nitrogens with zero attached hydrogens (tertiary/aromatic N) is 1. The maximum Gasteiger partial charge on any atom is 0.113 e. The van der Waals surface area contributed by atoms with Gasteiger partial charge in [0.05, 0.1) is 5.69 Å². The summed E-state index contributed by atoms with van der Waals surface area (Å²) < 4.78 is 0. The zero-order chi connectivity index (χ0) is 36.1. The number of fused-ring (bicyclic) bond motifs is 6. The standard InChI is InChI=1S/C49H51NSi/c1-47(2,3)34-29-40-39-20-16-21-42(46(39)49(7,8)45(40)41(30-34)48(4,5)6)50(35-25-23-33(24-26-35)32-17-12-11-13-18-32)36-27-28-38-37-19-14-15-22-43(37)51(9,10)44(38)31-36/h11-31H,1-10H3. The molecule has 1 aliphatic heterocycles. The van der Waals surface area contributed by atoms with Crippen molar-refractivity contribution >= 4 is 35.5 Å². The van der Waals surface area contributed by atoms with E-state index in [1.807, 2.05) is 0 Å². The van der Waals surface area contributed by atoms with Gasteiger partial charge >= 0.3 is 0 Å². The van der Waals surface area contributed by atoms with Crippen molar-refractivity contribution in [3.8, 4) is 33.4 Å². The molecule has 0 radical (unpaired) electrons. The Balaban J connectivity index is 1.37. The van der Waals surface area contributed by atoms with Crippen LogP contribution in [0.15, 0.2) is 127 Å². The van der Waals surface area contributed by atoms with Crippen molar-refractivity contribution in [2.24, 2.45) is 0 Å². The molecule has 256 valence electrons. The minimum absolute atomic E-state index is 0.00295. The van der Waals surface area contributed by atoms with E-state index >= 15 is 0 Å². The number of hydrogen-bond donors (Lipinski definition) is 0. The van der Waals surface area contributed by atoms with Crippen LogP contribution >= 0.6 is 0 Å². The quantitative estimate of drug-likeness (QED) is 0.167. The summed E-state index contributed by atoms with van der Waals surface area (Å²) in [5, 5.41) is 3.06. The summed E-state index contributed by atoms with van der Waals surface area (Å²) in [5.74, 6) is 0. The molecule has 0 saturated carbocycles. The first kappa shape index (κ1) is 33.5. The fraction of sp³-hybridized carbons (Fsp3) is 0.265. The van der Waals surface area contributed by atoms with E-state index in [4.69, 9.17) is 0 Å². The molecular weight excluding hydrogens is 631 g/mol. The molecule has 6 aromatic carbocycles. The Morgan fingerprint density at radius 2 is 1.10 bits per heavy atom. The van der Waals surface area contributed by atoms with Gasteiger partial charge in [-0.15, -0.1) is 0 Å². The van der Waals surface area contributed by atoms with Gasteiger partial charge in [-0.2, -0.15) is 0 Å². The molecule has 0 unspecified atom stereocenters. The lowest BCUT2D eigenvalue weighted by Gasteiger charge is -2.35. The second kappa shape index (κ2) is 11.4. The molecule has 0 fully saturated rings. The van der Waals surface area contributed by atoms with Gasteiger partial charge in [0.15, 0.2) is 0 Å². The first-order valence-corrected chi connectivity index (χ1v) is 21.6. The second-order valence-corrected chi connectivity index (χ2v) is 22.2. The van der Waals surface area contributed by atoms with Gasteiger partial charge in [0.25, 0.3) is 0 Å². The monoisotopic (exact) mass is 681 g/mol. The SMILES string of the molecule is CC(C)(C)c1cc2c(c(C(C)(C)C)c1)C(C)(C)c1c-2cccc1N(c1ccc(-c2ccccc2)cc1)c1ccc2c(c1)[Si](C)(C)c1ccccc1-2. The number of rotatable bonds is 4. The minimum Gasteiger partial charge on any atom is -0.310 e. The Hall–Kier alpha value is -4.66. The largest absolute Gasteiger partial charge is 0.310 e. The predicted octanol–water partition coefficient (Wildman–Crippen LogP) is 12.5. The van der Waals surface area contributed by atoms with Crippen LogP contribution < -0.4 is 15.3 Å². The highest BCUT2D eigenvalue weighted by Crippen LogP contribution is 2.57. The highest BCUT2D eigenvalue weighted by Gasteiger charge is 2.43. The van der Waals surface area contributed by atoms with Crippen LogP contribution in [0.1, 0.15) is 77.6 Å². The Morgan fingerprint density at radius 1 is 0.490 bits per heavy atom. The van der Waals surface area contributed by atoms with E-state index in [1.165, 1.54) is 83.1 Å². The van der Waals surface area contributed by atoms with E-state index in [9.17, 15) is 0 Å². The van der Waals surface area contributed by atoms with Gasteiger partial charge in [-0.1, -0.05) is 166 Å². The van der Waals surface area contributed by atoms with Crippen molar-refractivity contribution in [3.63, 3.8) is 0 Å². The molecule has 0 saturated heterocycles. The maximum atomic E-state index is 2.55. The van der Waals surface area contributed by atoms with Crippen LogP contribution in [0.5, 0.6) is 0 Å². The average Bonchev–Trinajstić information content (AvgIpc) is 3.48. The van der Waals surface area contributed by atoms with Gasteiger partial charge in [0.2, 0.25) is 0 Å². The van der Waals surface area contributed by atoms with E-state index in [-0.39, 0.29) is 16.2 Å². The predicted molar refractivity (Wildman–Crippen MR) is 224 cm³/mol. The topological polar surface area (TPSA) is 3.24 Å². The third kappa shape index (κ3) is 5.25. The molecule has 1 heterocycles. The van der Waals surface area contributed by atoms with Crippen molar-refractivity contribution < 1.29 is 0 Å². The number of benzene rings is 6. The smallest absolute Gasteiger partial charge is 0.113 e. The zero-order valence-corrected chi connectivity index (χ0v) is 33.1. The molecule has 0 spiro atoms. The van der Waals surface area contributed by atoms with Crippen LogP contribution in [-0.4, -0.2) is 8.07 Å². The van der Waals surface area contributed by atoms with Gasteiger partial charge in [0, 0.05) is 16.8 Å². The van der Waals surface area contributed by atoms with E-state index in [1.54, 1.807) is 0 Å². The van der Waals surface area contributed by atoms with Crippen molar-refractivity contribution in [2.45, 2.75) is 84.7 Å². The molecule has 0 bridgehead atoms. The fourth-order valence-electron chi connectivity index (χ4n) is 8.98. The molecule has 0 amide bonds. The Morgan fingerprint density at radius 3 is 1.78 bits per heavy atom. The van der Waals surface area contributed by atoms with E-state index in [0.717, 1.165) is 0 Å². The lowest BCUT2D eigenvalue weighted by molar-refractivity contribution is 0.545. The molecule has 2 heteroatoms. The lowest BCUT2D eigenvalue weighted by Crippen LogP contribution is -2.49. The highest BCUT2D eigenvalue weighted by atomic mass is 28.3. The summed E-state index contributed by atoms with van der Waals surface area (Å²) in [5.41, 5.74) is 17.3. The highest BCUT2D eigenvalue weighted by molar-refractivity contribution is 7.03. The molecular formula is C49H51NSi. The lowest BCUT2D eigenvalue weighted by atomic mass is 9.71. The Bertz CT molecular complexity index is 2310. The van der Waals surface area contributed by atoms with E-state index in [2.05, 4.69) is 201 Å². The zero-order valence-electron chi connectivity index (χ0n) is 32.1. The molecule has 0 atom stereocenters. The first-order valence-electron chi connectivity index (χ1n) is 18.6. The Labute approximate surface area is 307 Å². The van der Waals surface area contributed by atoms with Crippen molar-refractivity contribution in [2.75, 3.05) is 4.90 Å². The van der Waals surface area contributed by atoms with Gasteiger partial charge < -0.3 is 4.90 Å². The van der Waals surface area contributed by atoms with Gasteiger partial charge in [-0.05, 0) is 107 Å². The van der Waals surface area contributed by atoms with Crippen molar-refractivity contribution in [3.05, 3.63) is 150 Å². The summed E-state index contributed by atoms with van der Waals surface area (Å²) in [6, 6.07) is 48.3. The normalized spacial score (nSPS) is 15.2. The minimum atomic E-state index is -1.89. The number of hydrogen-bond acceptors (Lipinski definition) is 1. The average molecular weight is 682 g/mol. The third-order valence-corrected chi connectivity index (χ3v) is 15.2. The molecule has 1 aliphatic carbocycles. The molecule has 2 aliphatic rings. The van der Waals surface area contributed by atoms with Crippen LogP contribution in [0.3, 0.4) is 0 Å². The summed E-state index contributed by atoms with van der Waals surface area (Å²) in [6.07, 6.45) is 0. The maximum absolute atomic E-state index is 2.55. The van der Waals surface area contributed by atoms with Gasteiger partial charge in [-0.25, -0.2) is 0 Å². The van der Waals surface area contributed by atoms with E-state index < -0.39 is 8.07 Å². The summed E-state index contributed by atoms with van der Waals surface area (Å²) >= 11 is 0. The molecule has 1 nitrogen and oxygen atoms in total. The van der Waals surface area contributed by atoms with Crippen molar-refractivity contribution in [1.82, 2.24) is 0 Å². The third-order valence-electron chi connectivity index (χ3n) is 11.7. The summed E-state index contributed by atoms with van der Waals surface area (Å²) in [7, 11) is -1.89. The first-order chi connectivity index (χ1) is 24.1. The molecule has 8 rings (SSSR count). The molecule has 0 N–H and O–H groups in total.